The molecule has 0 aromatic rings. The Balaban J connectivity index is 4.62. The SMILES string of the molecule is NCCC(F)C(F)(F)S(=O)(=O)O. The molecule has 0 aliphatic heterocycles. The summed E-state index contributed by atoms with van der Waals surface area (Å²) < 4.78 is 64.5. The lowest BCUT2D eigenvalue weighted by atomic mass is 10.3. The first-order valence-corrected chi connectivity index (χ1v) is 4.36. The van der Waals surface area contributed by atoms with Crippen molar-refractivity contribution in [3.63, 3.8) is 0 Å². The van der Waals surface area contributed by atoms with Gasteiger partial charge in [0.25, 0.3) is 0 Å². The molecular weight excluding hydrogens is 199 g/mol. The fourth-order valence-electron chi connectivity index (χ4n) is 0.476. The minimum Gasteiger partial charge on any atom is -0.330 e. The second-order valence-corrected chi connectivity index (χ2v) is 3.58. The minimum absolute atomic E-state index is 0.424. The largest absolute Gasteiger partial charge is 0.400 e. The van der Waals surface area contributed by atoms with Crippen LogP contribution in [-0.4, -0.2) is 30.9 Å². The lowest BCUT2D eigenvalue weighted by Gasteiger charge is -2.16. The van der Waals surface area contributed by atoms with Gasteiger partial charge in [-0.2, -0.15) is 17.2 Å². The summed E-state index contributed by atoms with van der Waals surface area (Å²) >= 11 is 0. The molecule has 0 bridgehead atoms. The van der Waals surface area contributed by atoms with Crippen LogP contribution in [0.15, 0.2) is 0 Å². The van der Waals surface area contributed by atoms with Crippen molar-refractivity contribution in [2.75, 3.05) is 6.54 Å². The highest BCUT2D eigenvalue weighted by molar-refractivity contribution is 7.86. The van der Waals surface area contributed by atoms with Gasteiger partial charge in [-0.1, -0.05) is 0 Å². The van der Waals surface area contributed by atoms with Crippen LogP contribution in [0.4, 0.5) is 13.2 Å². The van der Waals surface area contributed by atoms with Gasteiger partial charge < -0.3 is 5.73 Å². The quantitative estimate of drug-likeness (QED) is 0.643. The Labute approximate surface area is 67.3 Å². The first-order valence-electron chi connectivity index (χ1n) is 2.92. The van der Waals surface area contributed by atoms with Gasteiger partial charge in [-0.15, -0.1) is 0 Å². The molecule has 0 aliphatic carbocycles. The summed E-state index contributed by atoms with van der Waals surface area (Å²) in [6.45, 7) is -0.424. The standard InChI is InChI=1S/C4H8F3NO3S/c5-3(1-2-8)4(6,7)12(9,10)11/h3H,1-2,8H2,(H,9,10,11). The van der Waals surface area contributed by atoms with Crippen LogP contribution in [0.1, 0.15) is 6.42 Å². The zero-order valence-electron chi connectivity index (χ0n) is 5.87. The van der Waals surface area contributed by atoms with Crippen LogP contribution in [0.3, 0.4) is 0 Å². The fraction of sp³-hybridized carbons (Fsp3) is 1.00. The van der Waals surface area contributed by atoms with Crippen LogP contribution in [0.25, 0.3) is 0 Å². The molecule has 0 aromatic carbocycles. The average Bonchev–Trinajstić information content (AvgIpc) is 1.85. The molecule has 0 fully saturated rings. The minimum atomic E-state index is -5.69. The normalized spacial score (nSPS) is 16.1. The summed E-state index contributed by atoms with van der Waals surface area (Å²) in [5, 5.41) is -4.77. The van der Waals surface area contributed by atoms with Gasteiger partial charge in [0.1, 0.15) is 0 Å². The molecule has 1 unspecified atom stereocenters. The summed E-state index contributed by atoms with van der Waals surface area (Å²) in [6, 6.07) is 0. The molecule has 1 atom stereocenters. The topological polar surface area (TPSA) is 80.4 Å². The number of hydrogen-bond acceptors (Lipinski definition) is 3. The fourth-order valence-corrected chi connectivity index (χ4v) is 0.917. The van der Waals surface area contributed by atoms with Gasteiger partial charge in [-0.3, -0.25) is 4.55 Å². The van der Waals surface area contributed by atoms with E-state index in [0.29, 0.717) is 0 Å². The lowest BCUT2D eigenvalue weighted by Crippen LogP contribution is -2.39. The van der Waals surface area contributed by atoms with Gasteiger partial charge >= 0.3 is 15.4 Å². The summed E-state index contributed by atoms with van der Waals surface area (Å²) in [4.78, 5) is 0. The van der Waals surface area contributed by atoms with E-state index < -0.39 is 34.5 Å². The molecule has 0 amide bonds. The molecule has 0 aromatic heterocycles. The van der Waals surface area contributed by atoms with E-state index in [0.717, 1.165) is 0 Å². The second kappa shape index (κ2) is 3.58. The van der Waals surface area contributed by atoms with E-state index in [2.05, 4.69) is 0 Å². The molecule has 3 N–H and O–H groups in total. The maximum absolute atomic E-state index is 12.3. The molecule has 0 heterocycles. The molecule has 8 heteroatoms. The summed E-state index contributed by atoms with van der Waals surface area (Å²) in [6.07, 6.45) is -3.80. The Morgan fingerprint density at radius 2 is 1.92 bits per heavy atom. The zero-order chi connectivity index (χ0) is 9.99. The van der Waals surface area contributed by atoms with Crippen LogP contribution in [0.5, 0.6) is 0 Å². The number of hydrogen-bond donors (Lipinski definition) is 2. The smallest absolute Gasteiger partial charge is 0.330 e. The number of rotatable bonds is 4. The Morgan fingerprint density at radius 1 is 1.50 bits per heavy atom. The van der Waals surface area contributed by atoms with E-state index in [4.69, 9.17) is 10.3 Å². The van der Waals surface area contributed by atoms with E-state index in [-0.39, 0.29) is 0 Å². The van der Waals surface area contributed by atoms with Crippen molar-refractivity contribution in [3.05, 3.63) is 0 Å². The molecule has 74 valence electrons. The van der Waals surface area contributed by atoms with Gasteiger partial charge in [0.05, 0.1) is 0 Å². The molecule has 0 spiro atoms. The van der Waals surface area contributed by atoms with Gasteiger partial charge in [0.15, 0.2) is 6.17 Å². The van der Waals surface area contributed by atoms with E-state index in [9.17, 15) is 21.6 Å². The van der Waals surface area contributed by atoms with Gasteiger partial charge in [0.2, 0.25) is 0 Å². The Morgan fingerprint density at radius 3 is 2.17 bits per heavy atom. The Kier molecular flexibility index (Phi) is 3.48. The molecule has 0 aliphatic rings. The maximum atomic E-state index is 12.3. The summed E-state index contributed by atoms with van der Waals surface area (Å²) in [7, 11) is -5.69. The third-order valence-electron chi connectivity index (χ3n) is 1.13. The van der Waals surface area contributed by atoms with Crippen molar-refractivity contribution in [3.8, 4) is 0 Å². The first-order chi connectivity index (χ1) is 5.23. The number of halogens is 3. The predicted molar refractivity (Wildman–Crippen MR) is 35.1 cm³/mol. The lowest BCUT2D eigenvalue weighted by molar-refractivity contribution is -0.00492. The number of nitrogens with two attached hydrogens (primary N) is 1. The van der Waals surface area contributed by atoms with E-state index in [1.165, 1.54) is 0 Å². The third kappa shape index (κ3) is 2.32. The molecule has 4 nitrogen and oxygen atoms in total. The predicted octanol–water partition coefficient (Wildman–Crippen LogP) is 0.154. The van der Waals surface area contributed by atoms with E-state index in [1.54, 1.807) is 0 Å². The van der Waals surface area contributed by atoms with Crippen molar-refractivity contribution < 1.29 is 26.1 Å². The highest BCUT2D eigenvalue weighted by Crippen LogP contribution is 2.28. The highest BCUT2D eigenvalue weighted by atomic mass is 32.2. The zero-order valence-corrected chi connectivity index (χ0v) is 6.69. The van der Waals surface area contributed by atoms with Crippen LogP contribution < -0.4 is 5.73 Å². The average molecular weight is 207 g/mol. The first kappa shape index (κ1) is 11.7. The Hall–Kier alpha value is -0.340. The van der Waals surface area contributed by atoms with Crippen LogP contribution in [0.2, 0.25) is 0 Å². The molecule has 0 saturated carbocycles. The van der Waals surface area contributed by atoms with Crippen molar-refractivity contribution in [2.24, 2.45) is 5.73 Å². The number of alkyl halides is 3. The van der Waals surface area contributed by atoms with Gasteiger partial charge in [-0.05, 0) is 13.0 Å². The molecule has 0 radical (unpaired) electrons. The highest BCUT2D eigenvalue weighted by Gasteiger charge is 2.51. The monoisotopic (exact) mass is 207 g/mol. The Bertz CT molecular complexity index is 240. The van der Waals surface area contributed by atoms with E-state index in [1.807, 2.05) is 0 Å². The maximum Gasteiger partial charge on any atom is 0.400 e. The van der Waals surface area contributed by atoms with Gasteiger partial charge in [0, 0.05) is 0 Å². The van der Waals surface area contributed by atoms with E-state index >= 15 is 0 Å². The van der Waals surface area contributed by atoms with Crippen molar-refractivity contribution in [2.45, 2.75) is 17.8 Å². The van der Waals surface area contributed by atoms with Crippen LogP contribution in [-0.2, 0) is 10.1 Å². The van der Waals surface area contributed by atoms with Crippen LogP contribution >= 0.6 is 0 Å². The van der Waals surface area contributed by atoms with Crippen molar-refractivity contribution >= 4 is 10.1 Å². The molecule has 0 rings (SSSR count). The van der Waals surface area contributed by atoms with Crippen molar-refractivity contribution in [1.29, 1.82) is 0 Å². The van der Waals surface area contributed by atoms with Crippen LogP contribution in [0, 0.1) is 0 Å². The van der Waals surface area contributed by atoms with Crippen molar-refractivity contribution in [1.82, 2.24) is 0 Å². The van der Waals surface area contributed by atoms with Gasteiger partial charge in [-0.25, -0.2) is 4.39 Å². The summed E-state index contributed by atoms with van der Waals surface area (Å²) in [5.74, 6) is 0. The third-order valence-corrected chi connectivity index (χ3v) is 2.07. The molecule has 12 heavy (non-hydrogen) atoms. The molecular formula is C4H8F3NO3S. The second-order valence-electron chi connectivity index (χ2n) is 2.08. The molecule has 0 saturated heterocycles. The summed E-state index contributed by atoms with van der Waals surface area (Å²) in [5.41, 5.74) is 4.72.